The molecule has 1 aromatic heterocycles. The molecule has 0 bridgehead atoms. The summed E-state index contributed by atoms with van der Waals surface area (Å²) in [5.74, 6) is 0. The van der Waals surface area contributed by atoms with Crippen LogP contribution in [0.1, 0.15) is 31.7 Å². The summed E-state index contributed by atoms with van der Waals surface area (Å²) in [6.07, 6.45) is 7.49. The van der Waals surface area contributed by atoms with Gasteiger partial charge in [0.05, 0.1) is 0 Å². The van der Waals surface area contributed by atoms with Crippen LogP contribution in [0.4, 0.5) is 4.79 Å². The van der Waals surface area contributed by atoms with Crippen molar-refractivity contribution >= 4 is 6.03 Å². The number of amides is 2. The molecule has 2 amide bonds. The summed E-state index contributed by atoms with van der Waals surface area (Å²) in [7, 11) is 0. The van der Waals surface area contributed by atoms with Gasteiger partial charge in [0.2, 0.25) is 0 Å². The molecule has 138 valence electrons. The van der Waals surface area contributed by atoms with E-state index in [2.05, 4.69) is 33.1 Å². The lowest BCUT2D eigenvalue weighted by molar-refractivity contribution is 0.126. The number of rotatable bonds is 5. The Balaban J connectivity index is 1.39. The second-order valence-electron chi connectivity index (χ2n) is 7.09. The average molecular weight is 345 g/mol. The molecule has 2 fully saturated rings. The summed E-state index contributed by atoms with van der Waals surface area (Å²) in [5.41, 5.74) is 1.23. The lowest BCUT2D eigenvalue weighted by Crippen LogP contribution is -2.54. The third-order valence-electron chi connectivity index (χ3n) is 5.43. The smallest absolute Gasteiger partial charge is 0.317 e. The van der Waals surface area contributed by atoms with Gasteiger partial charge in [-0.3, -0.25) is 14.8 Å². The maximum absolute atomic E-state index is 12.5. The molecule has 0 saturated carbocycles. The minimum Gasteiger partial charge on any atom is -0.336 e. The summed E-state index contributed by atoms with van der Waals surface area (Å²) in [5, 5.41) is 3.17. The van der Waals surface area contributed by atoms with Gasteiger partial charge in [0.15, 0.2) is 0 Å². The van der Waals surface area contributed by atoms with Crippen LogP contribution in [0.3, 0.4) is 0 Å². The van der Waals surface area contributed by atoms with Crippen LogP contribution in [0.2, 0.25) is 0 Å². The number of urea groups is 1. The van der Waals surface area contributed by atoms with E-state index < -0.39 is 0 Å². The third kappa shape index (κ3) is 5.16. The lowest BCUT2D eigenvalue weighted by Gasteiger charge is -2.37. The molecule has 6 heteroatoms. The second kappa shape index (κ2) is 9.15. The molecule has 2 aliphatic rings. The van der Waals surface area contributed by atoms with E-state index >= 15 is 0 Å². The quantitative estimate of drug-likeness (QED) is 0.884. The van der Waals surface area contributed by atoms with Gasteiger partial charge >= 0.3 is 6.03 Å². The molecule has 3 rings (SSSR count). The largest absolute Gasteiger partial charge is 0.336 e. The Bertz CT molecular complexity index is 530. The molecule has 3 heterocycles. The van der Waals surface area contributed by atoms with Gasteiger partial charge in [-0.25, -0.2) is 4.79 Å². The molecular weight excluding hydrogens is 314 g/mol. The molecular formula is C19H31N5O. The maximum atomic E-state index is 12.5. The summed E-state index contributed by atoms with van der Waals surface area (Å²) in [4.78, 5) is 23.5. The fourth-order valence-electron chi connectivity index (χ4n) is 3.88. The van der Waals surface area contributed by atoms with E-state index in [1.54, 1.807) is 6.20 Å². The van der Waals surface area contributed by atoms with E-state index in [0.717, 1.165) is 45.8 Å². The number of carbonyl (C=O) groups excluding carboxylic acids is 1. The number of hydrogen-bond donors (Lipinski definition) is 1. The van der Waals surface area contributed by atoms with Crippen LogP contribution in [0, 0.1) is 0 Å². The number of hydrogen-bond acceptors (Lipinski definition) is 4. The van der Waals surface area contributed by atoms with Crippen LogP contribution in [0.15, 0.2) is 24.5 Å². The average Bonchev–Trinajstić information content (AvgIpc) is 2.67. The Morgan fingerprint density at radius 3 is 2.80 bits per heavy atom. The highest BCUT2D eigenvalue weighted by molar-refractivity contribution is 5.74. The van der Waals surface area contributed by atoms with Crippen LogP contribution in [0.25, 0.3) is 0 Å². The number of nitrogens with zero attached hydrogens (tertiary/aromatic N) is 4. The predicted molar refractivity (Wildman–Crippen MR) is 99.4 cm³/mol. The van der Waals surface area contributed by atoms with E-state index in [1.807, 2.05) is 17.2 Å². The molecule has 0 spiro atoms. The van der Waals surface area contributed by atoms with Crippen molar-refractivity contribution in [3.05, 3.63) is 30.1 Å². The first-order valence-electron chi connectivity index (χ1n) is 9.64. The van der Waals surface area contributed by atoms with Crippen molar-refractivity contribution < 1.29 is 4.79 Å². The standard InChI is InChI=1S/C19H31N5O/c1-2-23-9-4-3-7-18(23)15-21-19(25)24-12-10-22(11-13-24)16-17-6-5-8-20-14-17/h5-6,8,14,18H,2-4,7,9-13,15-16H2,1H3,(H,21,25)/t18-/m1/s1. The monoisotopic (exact) mass is 345 g/mol. The Morgan fingerprint density at radius 2 is 2.08 bits per heavy atom. The maximum Gasteiger partial charge on any atom is 0.317 e. The van der Waals surface area contributed by atoms with E-state index in [1.165, 1.54) is 31.4 Å². The van der Waals surface area contributed by atoms with E-state index in [9.17, 15) is 4.79 Å². The van der Waals surface area contributed by atoms with Gasteiger partial charge in [-0.1, -0.05) is 19.4 Å². The van der Waals surface area contributed by atoms with E-state index in [-0.39, 0.29) is 6.03 Å². The van der Waals surface area contributed by atoms with Gasteiger partial charge in [0.25, 0.3) is 0 Å². The fourth-order valence-corrected chi connectivity index (χ4v) is 3.88. The first-order chi connectivity index (χ1) is 12.3. The highest BCUT2D eigenvalue weighted by Gasteiger charge is 2.24. The molecule has 1 aromatic rings. The van der Waals surface area contributed by atoms with Gasteiger partial charge in [-0.2, -0.15) is 0 Å². The van der Waals surface area contributed by atoms with Crippen molar-refractivity contribution in [2.75, 3.05) is 45.8 Å². The SMILES string of the molecule is CCN1CCCC[C@@H]1CNC(=O)N1CCN(Cc2cccnc2)CC1. The van der Waals surface area contributed by atoms with Crippen molar-refractivity contribution in [1.29, 1.82) is 0 Å². The Hall–Kier alpha value is -1.66. The number of pyridine rings is 1. The number of piperazine rings is 1. The van der Waals surface area contributed by atoms with Crippen molar-refractivity contribution in [3.63, 3.8) is 0 Å². The molecule has 1 N–H and O–H groups in total. The first kappa shape index (κ1) is 18.1. The Labute approximate surface area is 151 Å². The molecule has 25 heavy (non-hydrogen) atoms. The van der Waals surface area contributed by atoms with Crippen LogP contribution < -0.4 is 5.32 Å². The number of piperidine rings is 1. The number of aromatic nitrogens is 1. The highest BCUT2D eigenvalue weighted by Crippen LogP contribution is 2.16. The Kier molecular flexibility index (Phi) is 6.64. The molecule has 1 atom stereocenters. The lowest BCUT2D eigenvalue weighted by atomic mass is 10.0. The third-order valence-corrected chi connectivity index (χ3v) is 5.43. The van der Waals surface area contributed by atoms with Crippen molar-refractivity contribution in [2.24, 2.45) is 0 Å². The molecule has 0 unspecified atom stereocenters. The zero-order valence-electron chi connectivity index (χ0n) is 15.4. The normalized spacial score (nSPS) is 22.8. The molecule has 2 saturated heterocycles. The van der Waals surface area contributed by atoms with E-state index in [4.69, 9.17) is 0 Å². The summed E-state index contributed by atoms with van der Waals surface area (Å²) in [6, 6.07) is 4.69. The van der Waals surface area contributed by atoms with Crippen LogP contribution in [-0.2, 0) is 6.54 Å². The number of likely N-dealkylation sites (N-methyl/N-ethyl adjacent to an activating group) is 1. The molecule has 2 aliphatic heterocycles. The topological polar surface area (TPSA) is 51.7 Å². The summed E-state index contributed by atoms with van der Waals surface area (Å²) < 4.78 is 0. The minimum atomic E-state index is 0.0997. The van der Waals surface area contributed by atoms with Crippen molar-refractivity contribution in [1.82, 2.24) is 25.0 Å². The number of likely N-dealkylation sites (tertiary alicyclic amines) is 1. The van der Waals surface area contributed by atoms with E-state index in [0.29, 0.717) is 6.04 Å². The summed E-state index contributed by atoms with van der Waals surface area (Å²) in [6.45, 7) is 9.60. The van der Waals surface area contributed by atoms with Gasteiger partial charge in [-0.05, 0) is 37.6 Å². The molecule has 0 aliphatic carbocycles. The fraction of sp³-hybridized carbons (Fsp3) is 0.684. The molecule has 0 aromatic carbocycles. The van der Waals surface area contributed by atoms with Gasteiger partial charge < -0.3 is 10.2 Å². The molecule has 6 nitrogen and oxygen atoms in total. The molecule has 0 radical (unpaired) electrons. The minimum absolute atomic E-state index is 0.0997. The number of nitrogens with one attached hydrogen (secondary N) is 1. The van der Waals surface area contributed by atoms with Crippen LogP contribution in [0.5, 0.6) is 0 Å². The van der Waals surface area contributed by atoms with Crippen LogP contribution >= 0.6 is 0 Å². The second-order valence-corrected chi connectivity index (χ2v) is 7.09. The number of carbonyl (C=O) groups is 1. The summed E-state index contributed by atoms with van der Waals surface area (Å²) >= 11 is 0. The van der Waals surface area contributed by atoms with Gasteiger partial charge in [-0.15, -0.1) is 0 Å². The zero-order valence-corrected chi connectivity index (χ0v) is 15.4. The predicted octanol–water partition coefficient (Wildman–Crippen LogP) is 1.78. The zero-order chi connectivity index (χ0) is 17.5. The van der Waals surface area contributed by atoms with Crippen molar-refractivity contribution in [3.8, 4) is 0 Å². The van der Waals surface area contributed by atoms with Gasteiger partial charge in [0.1, 0.15) is 0 Å². The van der Waals surface area contributed by atoms with Crippen molar-refractivity contribution in [2.45, 2.75) is 38.8 Å². The van der Waals surface area contributed by atoms with Gasteiger partial charge in [0, 0.05) is 57.7 Å². The van der Waals surface area contributed by atoms with Crippen LogP contribution in [-0.4, -0.2) is 77.6 Å². The highest BCUT2D eigenvalue weighted by atomic mass is 16.2. The first-order valence-corrected chi connectivity index (χ1v) is 9.64. The Morgan fingerprint density at radius 1 is 1.24 bits per heavy atom.